The summed E-state index contributed by atoms with van der Waals surface area (Å²) in [6.07, 6.45) is 0.198. The zero-order chi connectivity index (χ0) is 20.4. The van der Waals surface area contributed by atoms with E-state index in [2.05, 4.69) is 10.6 Å². The molecule has 2 amide bonds. The van der Waals surface area contributed by atoms with Gasteiger partial charge in [-0.3, -0.25) is 14.4 Å². The maximum atomic E-state index is 12.2. The van der Waals surface area contributed by atoms with Crippen molar-refractivity contribution < 1.29 is 23.9 Å². The summed E-state index contributed by atoms with van der Waals surface area (Å²) in [4.78, 5) is 35.7. The van der Waals surface area contributed by atoms with E-state index in [1.807, 2.05) is 6.92 Å². The van der Waals surface area contributed by atoms with Crippen molar-refractivity contribution in [1.29, 1.82) is 0 Å². The van der Waals surface area contributed by atoms with Crippen molar-refractivity contribution >= 4 is 29.0 Å². The molecule has 0 aliphatic rings. The SMILES string of the molecule is CCOc1ccc(C(=O)CCC(=O)Nc2ccc(NC(=O)COC)cc2)cc1. The first-order valence-corrected chi connectivity index (χ1v) is 8.96. The smallest absolute Gasteiger partial charge is 0.250 e. The molecule has 2 aromatic rings. The quantitative estimate of drug-likeness (QED) is 0.613. The van der Waals surface area contributed by atoms with Crippen molar-refractivity contribution in [3.63, 3.8) is 0 Å². The number of hydrogen-bond acceptors (Lipinski definition) is 5. The Morgan fingerprint density at radius 1 is 0.821 bits per heavy atom. The molecule has 0 bridgehead atoms. The molecule has 0 saturated carbocycles. The molecule has 0 spiro atoms. The molecule has 2 N–H and O–H groups in total. The maximum absolute atomic E-state index is 12.2. The molecular formula is C21H24N2O5. The van der Waals surface area contributed by atoms with E-state index in [0.717, 1.165) is 0 Å². The van der Waals surface area contributed by atoms with Crippen LogP contribution in [0.25, 0.3) is 0 Å². The van der Waals surface area contributed by atoms with Crippen molar-refractivity contribution in [1.82, 2.24) is 0 Å². The van der Waals surface area contributed by atoms with Gasteiger partial charge in [0.05, 0.1) is 6.61 Å². The third kappa shape index (κ3) is 6.85. The lowest BCUT2D eigenvalue weighted by Gasteiger charge is -2.08. The van der Waals surface area contributed by atoms with Crippen LogP contribution in [0, 0.1) is 0 Å². The van der Waals surface area contributed by atoms with Gasteiger partial charge in [-0.15, -0.1) is 0 Å². The van der Waals surface area contributed by atoms with Gasteiger partial charge in [0.15, 0.2) is 5.78 Å². The minimum Gasteiger partial charge on any atom is -0.494 e. The summed E-state index contributed by atoms with van der Waals surface area (Å²) in [6.45, 7) is 2.43. The Balaban J connectivity index is 1.80. The Hall–Kier alpha value is -3.19. The van der Waals surface area contributed by atoms with E-state index >= 15 is 0 Å². The fourth-order valence-corrected chi connectivity index (χ4v) is 2.46. The number of carbonyl (C=O) groups excluding carboxylic acids is 3. The fraction of sp³-hybridized carbons (Fsp3) is 0.286. The molecule has 7 nitrogen and oxygen atoms in total. The van der Waals surface area contributed by atoms with Gasteiger partial charge in [-0.2, -0.15) is 0 Å². The number of amides is 2. The molecule has 7 heteroatoms. The van der Waals surface area contributed by atoms with E-state index in [4.69, 9.17) is 9.47 Å². The summed E-state index contributed by atoms with van der Waals surface area (Å²) < 4.78 is 10.1. The van der Waals surface area contributed by atoms with Crippen molar-refractivity contribution in [3.05, 3.63) is 54.1 Å². The highest BCUT2D eigenvalue weighted by Crippen LogP contribution is 2.16. The van der Waals surface area contributed by atoms with Gasteiger partial charge in [0.2, 0.25) is 11.8 Å². The van der Waals surface area contributed by atoms with Crippen LogP contribution in [0.5, 0.6) is 5.75 Å². The minimum atomic E-state index is -0.257. The van der Waals surface area contributed by atoms with Gasteiger partial charge in [-0.1, -0.05) is 0 Å². The van der Waals surface area contributed by atoms with E-state index in [1.165, 1.54) is 7.11 Å². The fourth-order valence-electron chi connectivity index (χ4n) is 2.46. The number of ether oxygens (including phenoxy) is 2. The topological polar surface area (TPSA) is 93.7 Å². The standard InChI is InChI=1S/C21H24N2O5/c1-3-28-18-10-4-15(5-11-18)19(24)12-13-20(25)22-16-6-8-17(9-7-16)23-21(26)14-27-2/h4-11H,3,12-14H2,1-2H3,(H,22,25)(H,23,26). The third-order valence-electron chi connectivity index (χ3n) is 3.79. The van der Waals surface area contributed by atoms with Crippen molar-refractivity contribution in [2.45, 2.75) is 19.8 Å². The zero-order valence-corrected chi connectivity index (χ0v) is 16.0. The number of methoxy groups -OCH3 is 1. The molecule has 0 atom stereocenters. The first kappa shape index (κ1) is 21.1. The van der Waals surface area contributed by atoms with Crippen LogP contribution in [0.3, 0.4) is 0 Å². The Morgan fingerprint density at radius 2 is 1.39 bits per heavy atom. The summed E-state index contributed by atoms with van der Waals surface area (Å²) >= 11 is 0. The molecule has 2 rings (SSSR count). The number of rotatable bonds is 10. The van der Waals surface area contributed by atoms with Crippen LogP contribution < -0.4 is 15.4 Å². The lowest BCUT2D eigenvalue weighted by molar-refractivity contribution is -0.119. The normalized spacial score (nSPS) is 10.2. The Kier molecular flexibility index (Phi) is 8.17. The molecule has 28 heavy (non-hydrogen) atoms. The molecule has 148 valence electrons. The van der Waals surface area contributed by atoms with E-state index in [1.54, 1.807) is 48.5 Å². The second-order valence-corrected chi connectivity index (χ2v) is 5.99. The molecule has 0 saturated heterocycles. The van der Waals surface area contributed by atoms with E-state index in [9.17, 15) is 14.4 Å². The van der Waals surface area contributed by atoms with Crippen LogP contribution in [0.15, 0.2) is 48.5 Å². The third-order valence-corrected chi connectivity index (χ3v) is 3.79. The van der Waals surface area contributed by atoms with Gasteiger partial charge >= 0.3 is 0 Å². The molecule has 0 heterocycles. The maximum Gasteiger partial charge on any atom is 0.250 e. The number of hydrogen-bond donors (Lipinski definition) is 2. The van der Waals surface area contributed by atoms with E-state index in [-0.39, 0.29) is 37.0 Å². The Labute approximate surface area is 164 Å². The summed E-state index contributed by atoms with van der Waals surface area (Å²) in [5.74, 6) is 0.0931. The first-order valence-electron chi connectivity index (χ1n) is 8.96. The van der Waals surface area contributed by atoms with Crippen LogP contribution in [-0.4, -0.2) is 37.9 Å². The molecule has 0 unspecified atom stereocenters. The van der Waals surface area contributed by atoms with E-state index < -0.39 is 0 Å². The van der Waals surface area contributed by atoms with Crippen LogP contribution >= 0.6 is 0 Å². The predicted octanol–water partition coefficient (Wildman–Crippen LogP) is 3.27. The van der Waals surface area contributed by atoms with Crippen molar-refractivity contribution in [2.75, 3.05) is 31.0 Å². The van der Waals surface area contributed by atoms with Gasteiger partial charge in [-0.25, -0.2) is 0 Å². The molecule has 0 radical (unpaired) electrons. The summed E-state index contributed by atoms with van der Waals surface area (Å²) in [6, 6.07) is 13.6. The molecule has 0 aromatic heterocycles. The molecule has 0 aliphatic carbocycles. The monoisotopic (exact) mass is 384 g/mol. The zero-order valence-electron chi connectivity index (χ0n) is 16.0. The average molecular weight is 384 g/mol. The first-order chi connectivity index (χ1) is 13.5. The minimum absolute atomic E-state index is 0.0269. The van der Waals surface area contributed by atoms with Gasteiger partial charge in [-0.05, 0) is 55.5 Å². The number of anilines is 2. The van der Waals surface area contributed by atoms with Gasteiger partial charge in [0.25, 0.3) is 0 Å². The van der Waals surface area contributed by atoms with Crippen LogP contribution in [-0.2, 0) is 14.3 Å². The second-order valence-electron chi connectivity index (χ2n) is 5.99. The van der Waals surface area contributed by atoms with Crippen LogP contribution in [0.4, 0.5) is 11.4 Å². The number of benzene rings is 2. The molecule has 0 fully saturated rings. The highest BCUT2D eigenvalue weighted by molar-refractivity contribution is 6.00. The largest absolute Gasteiger partial charge is 0.494 e. The Bertz CT molecular complexity index is 801. The lowest BCUT2D eigenvalue weighted by Crippen LogP contribution is -2.17. The van der Waals surface area contributed by atoms with Crippen LogP contribution in [0.1, 0.15) is 30.1 Å². The molecule has 2 aromatic carbocycles. The highest BCUT2D eigenvalue weighted by atomic mass is 16.5. The summed E-state index contributed by atoms with van der Waals surface area (Å²) in [5, 5.41) is 5.39. The number of carbonyl (C=O) groups is 3. The van der Waals surface area contributed by atoms with Crippen molar-refractivity contribution in [2.24, 2.45) is 0 Å². The van der Waals surface area contributed by atoms with Gasteiger partial charge < -0.3 is 20.1 Å². The summed E-state index contributed by atoms with van der Waals surface area (Å²) in [5.41, 5.74) is 1.74. The number of ketones is 1. The van der Waals surface area contributed by atoms with Crippen molar-refractivity contribution in [3.8, 4) is 5.75 Å². The number of nitrogens with one attached hydrogen (secondary N) is 2. The lowest BCUT2D eigenvalue weighted by atomic mass is 10.1. The predicted molar refractivity (Wildman–Crippen MR) is 107 cm³/mol. The van der Waals surface area contributed by atoms with Gasteiger partial charge in [0, 0.05) is 36.9 Å². The molecular weight excluding hydrogens is 360 g/mol. The molecule has 0 aliphatic heterocycles. The Morgan fingerprint density at radius 3 is 1.93 bits per heavy atom. The summed E-state index contributed by atoms with van der Waals surface area (Å²) in [7, 11) is 1.44. The second kappa shape index (κ2) is 10.8. The van der Waals surface area contributed by atoms with Gasteiger partial charge in [0.1, 0.15) is 12.4 Å². The van der Waals surface area contributed by atoms with Crippen LogP contribution in [0.2, 0.25) is 0 Å². The highest BCUT2D eigenvalue weighted by Gasteiger charge is 2.10. The average Bonchev–Trinajstić information content (AvgIpc) is 2.69. The number of Topliss-reactive ketones (excluding diaryl/α,β-unsaturated/α-hetero) is 1. The van der Waals surface area contributed by atoms with E-state index in [0.29, 0.717) is 29.3 Å².